The van der Waals surface area contributed by atoms with Gasteiger partial charge in [0.15, 0.2) is 9.84 Å². The van der Waals surface area contributed by atoms with Gasteiger partial charge < -0.3 is 4.74 Å². The second kappa shape index (κ2) is 7.23. The molecule has 0 amide bonds. The van der Waals surface area contributed by atoms with Crippen LogP contribution in [-0.4, -0.2) is 25.6 Å². The number of carbonyl (C=O) groups is 1. The molecule has 0 spiro atoms. The molecule has 0 bridgehead atoms. The molecule has 0 saturated heterocycles. The molecule has 2 aromatic carbocycles. The standard InChI is InChI=1S/C18H13Cl2NO4S/c1-26(23,24)16-9-12(6-7-14(16)19)18(22)25-10-13-8-11-4-2-3-5-15(11)21-17(13)20/h2-9H,10H2,1H3. The van der Waals surface area contributed by atoms with E-state index in [0.717, 1.165) is 17.2 Å². The molecule has 0 aliphatic carbocycles. The first-order valence-electron chi connectivity index (χ1n) is 7.46. The lowest BCUT2D eigenvalue weighted by molar-refractivity contribution is 0.0472. The number of benzene rings is 2. The van der Waals surface area contributed by atoms with Crippen LogP contribution in [0.15, 0.2) is 53.4 Å². The van der Waals surface area contributed by atoms with Gasteiger partial charge in [0.1, 0.15) is 11.8 Å². The number of ether oxygens (including phenoxy) is 1. The minimum absolute atomic E-state index is 0.0471. The zero-order valence-electron chi connectivity index (χ0n) is 13.6. The summed E-state index contributed by atoms with van der Waals surface area (Å²) in [6.07, 6.45) is 1.02. The fourth-order valence-corrected chi connectivity index (χ4v) is 3.88. The normalized spacial score (nSPS) is 11.5. The first-order valence-corrected chi connectivity index (χ1v) is 10.1. The van der Waals surface area contributed by atoms with E-state index in [1.165, 1.54) is 18.2 Å². The van der Waals surface area contributed by atoms with E-state index in [0.29, 0.717) is 5.56 Å². The monoisotopic (exact) mass is 409 g/mol. The number of carbonyl (C=O) groups excluding carboxylic acids is 1. The van der Waals surface area contributed by atoms with Crippen molar-refractivity contribution < 1.29 is 17.9 Å². The van der Waals surface area contributed by atoms with Crippen LogP contribution in [0.25, 0.3) is 10.9 Å². The molecular formula is C18H13Cl2NO4S. The van der Waals surface area contributed by atoms with Crippen molar-refractivity contribution in [3.63, 3.8) is 0 Å². The van der Waals surface area contributed by atoms with Crippen molar-refractivity contribution in [3.05, 3.63) is 69.8 Å². The maximum Gasteiger partial charge on any atom is 0.338 e. The second-order valence-electron chi connectivity index (χ2n) is 5.62. The third kappa shape index (κ3) is 3.98. The topological polar surface area (TPSA) is 73.3 Å². The minimum atomic E-state index is -3.56. The first kappa shape index (κ1) is 18.6. The number of nitrogens with zero attached hydrogens (tertiary/aromatic N) is 1. The largest absolute Gasteiger partial charge is 0.457 e. The van der Waals surface area contributed by atoms with Crippen molar-refractivity contribution >= 4 is 49.9 Å². The maximum atomic E-state index is 12.3. The van der Waals surface area contributed by atoms with E-state index in [4.69, 9.17) is 27.9 Å². The van der Waals surface area contributed by atoms with Crippen LogP contribution in [0.1, 0.15) is 15.9 Å². The number of pyridine rings is 1. The van der Waals surface area contributed by atoms with E-state index < -0.39 is 15.8 Å². The lowest BCUT2D eigenvalue weighted by Crippen LogP contribution is -2.08. The second-order valence-corrected chi connectivity index (χ2v) is 8.37. The molecular weight excluding hydrogens is 397 g/mol. The predicted octanol–water partition coefficient (Wildman–Crippen LogP) is 4.30. The molecule has 26 heavy (non-hydrogen) atoms. The van der Waals surface area contributed by atoms with Gasteiger partial charge in [0.25, 0.3) is 0 Å². The third-order valence-corrected chi connectivity index (χ3v) is 5.58. The number of hydrogen-bond donors (Lipinski definition) is 0. The van der Waals surface area contributed by atoms with Gasteiger partial charge in [-0.1, -0.05) is 41.4 Å². The highest BCUT2D eigenvalue weighted by molar-refractivity contribution is 7.90. The van der Waals surface area contributed by atoms with Gasteiger partial charge in [-0.25, -0.2) is 18.2 Å². The number of fused-ring (bicyclic) bond motifs is 1. The number of esters is 1. The van der Waals surface area contributed by atoms with Crippen LogP contribution in [0.4, 0.5) is 0 Å². The van der Waals surface area contributed by atoms with Crippen molar-refractivity contribution in [1.29, 1.82) is 0 Å². The van der Waals surface area contributed by atoms with Crippen LogP contribution in [0.3, 0.4) is 0 Å². The van der Waals surface area contributed by atoms with Gasteiger partial charge in [-0.3, -0.25) is 0 Å². The summed E-state index contributed by atoms with van der Waals surface area (Å²) in [5, 5.41) is 1.16. The quantitative estimate of drug-likeness (QED) is 0.474. The molecule has 0 saturated carbocycles. The van der Waals surface area contributed by atoms with E-state index in [1.807, 2.05) is 24.3 Å². The molecule has 8 heteroatoms. The summed E-state index contributed by atoms with van der Waals surface area (Å²) < 4.78 is 28.7. The highest BCUT2D eigenvalue weighted by Gasteiger charge is 2.17. The van der Waals surface area contributed by atoms with Crippen LogP contribution in [0, 0.1) is 0 Å². The summed E-state index contributed by atoms with van der Waals surface area (Å²) >= 11 is 12.0. The molecule has 1 aromatic heterocycles. The number of hydrogen-bond acceptors (Lipinski definition) is 5. The fourth-order valence-electron chi connectivity index (χ4n) is 2.38. The number of para-hydroxylation sites is 1. The molecule has 0 aliphatic rings. The molecule has 3 rings (SSSR count). The van der Waals surface area contributed by atoms with Crippen LogP contribution in [-0.2, 0) is 21.2 Å². The van der Waals surface area contributed by atoms with E-state index in [2.05, 4.69) is 4.98 Å². The van der Waals surface area contributed by atoms with E-state index in [9.17, 15) is 13.2 Å². The van der Waals surface area contributed by atoms with Crippen LogP contribution in [0.5, 0.6) is 0 Å². The van der Waals surface area contributed by atoms with Crippen molar-refractivity contribution in [2.24, 2.45) is 0 Å². The van der Waals surface area contributed by atoms with E-state index in [-0.39, 0.29) is 27.2 Å². The summed E-state index contributed by atoms with van der Waals surface area (Å²) in [4.78, 5) is 16.4. The summed E-state index contributed by atoms with van der Waals surface area (Å²) in [5.41, 5.74) is 1.37. The number of rotatable bonds is 4. The van der Waals surface area contributed by atoms with E-state index >= 15 is 0 Å². The van der Waals surface area contributed by atoms with Crippen molar-refractivity contribution in [2.45, 2.75) is 11.5 Å². The van der Waals surface area contributed by atoms with Crippen LogP contribution < -0.4 is 0 Å². The summed E-state index contributed by atoms with van der Waals surface area (Å²) in [6.45, 7) is -0.0909. The number of sulfone groups is 1. The van der Waals surface area contributed by atoms with Gasteiger partial charge in [0.05, 0.1) is 21.0 Å². The molecule has 0 atom stereocenters. The Bertz CT molecular complexity index is 1110. The Balaban J connectivity index is 1.82. The molecule has 0 unspecified atom stereocenters. The molecule has 0 N–H and O–H groups in total. The first-order chi connectivity index (χ1) is 12.3. The molecule has 0 fully saturated rings. The third-order valence-electron chi connectivity index (χ3n) is 3.68. The molecule has 1 heterocycles. The Morgan fingerprint density at radius 3 is 2.58 bits per heavy atom. The Morgan fingerprint density at radius 1 is 1.12 bits per heavy atom. The summed E-state index contributed by atoms with van der Waals surface area (Å²) in [6, 6.07) is 13.2. The van der Waals surface area contributed by atoms with Gasteiger partial charge in [0.2, 0.25) is 0 Å². The van der Waals surface area contributed by atoms with Gasteiger partial charge in [-0.05, 0) is 30.3 Å². The van der Waals surface area contributed by atoms with Crippen molar-refractivity contribution in [1.82, 2.24) is 4.98 Å². The summed E-state index contributed by atoms with van der Waals surface area (Å²) in [7, 11) is -3.56. The highest BCUT2D eigenvalue weighted by atomic mass is 35.5. The lowest BCUT2D eigenvalue weighted by atomic mass is 10.1. The Morgan fingerprint density at radius 2 is 1.85 bits per heavy atom. The Kier molecular flexibility index (Phi) is 5.18. The maximum absolute atomic E-state index is 12.3. The minimum Gasteiger partial charge on any atom is -0.457 e. The van der Waals surface area contributed by atoms with Gasteiger partial charge in [-0.2, -0.15) is 0 Å². The number of halogens is 2. The lowest BCUT2D eigenvalue weighted by Gasteiger charge is -2.09. The van der Waals surface area contributed by atoms with E-state index in [1.54, 1.807) is 6.07 Å². The average molecular weight is 410 g/mol. The zero-order valence-corrected chi connectivity index (χ0v) is 15.9. The van der Waals surface area contributed by atoms with Gasteiger partial charge in [0, 0.05) is 17.2 Å². The average Bonchev–Trinajstić information content (AvgIpc) is 2.59. The SMILES string of the molecule is CS(=O)(=O)c1cc(C(=O)OCc2cc3ccccc3nc2Cl)ccc1Cl. The smallest absolute Gasteiger partial charge is 0.338 e. The molecule has 0 aliphatic heterocycles. The Hall–Kier alpha value is -2.15. The zero-order chi connectivity index (χ0) is 18.9. The molecule has 134 valence electrons. The molecule has 0 radical (unpaired) electrons. The van der Waals surface area contributed by atoms with Crippen molar-refractivity contribution in [2.75, 3.05) is 6.26 Å². The van der Waals surface area contributed by atoms with Gasteiger partial charge in [-0.15, -0.1) is 0 Å². The Labute approximate surface area is 160 Å². The molecule has 5 nitrogen and oxygen atoms in total. The van der Waals surface area contributed by atoms with Crippen molar-refractivity contribution in [3.8, 4) is 0 Å². The molecule has 3 aromatic rings. The predicted molar refractivity (Wildman–Crippen MR) is 100 cm³/mol. The number of aromatic nitrogens is 1. The highest BCUT2D eigenvalue weighted by Crippen LogP contribution is 2.24. The van der Waals surface area contributed by atoms with Crippen LogP contribution in [0.2, 0.25) is 10.2 Å². The fraction of sp³-hybridized carbons (Fsp3) is 0.111. The van der Waals surface area contributed by atoms with Crippen LogP contribution >= 0.6 is 23.2 Å². The summed E-state index contributed by atoms with van der Waals surface area (Å²) in [5.74, 6) is -0.684. The van der Waals surface area contributed by atoms with Gasteiger partial charge >= 0.3 is 5.97 Å².